The maximum absolute atomic E-state index is 13.8. The van der Waals surface area contributed by atoms with E-state index in [0.717, 1.165) is 55.6 Å². The SMILES string of the molecule is O=C(CN(CCOc1cccc(CC(C(=O)O)C2CCNC2)c1)CCOc1cccc(CC(C(=O)O)C2CCNC2)c1)c1cccc(CC(C(=O)O)C2CCNC2)c1. The van der Waals surface area contributed by atoms with Crippen molar-refractivity contribution in [2.45, 2.75) is 38.5 Å². The van der Waals surface area contributed by atoms with E-state index < -0.39 is 35.7 Å². The molecule has 0 amide bonds. The molecule has 58 heavy (non-hydrogen) atoms. The van der Waals surface area contributed by atoms with Gasteiger partial charge in [-0.05, 0) is 143 Å². The summed E-state index contributed by atoms with van der Waals surface area (Å²) >= 11 is 0. The smallest absolute Gasteiger partial charge is 0.307 e. The van der Waals surface area contributed by atoms with E-state index in [2.05, 4.69) is 16.0 Å². The molecule has 3 aliphatic heterocycles. The molecule has 0 aliphatic carbocycles. The molecule has 3 aromatic carbocycles. The minimum Gasteiger partial charge on any atom is -0.492 e. The molecule has 3 heterocycles. The molecule has 6 rings (SSSR count). The van der Waals surface area contributed by atoms with Gasteiger partial charge in [0.25, 0.3) is 0 Å². The van der Waals surface area contributed by atoms with Gasteiger partial charge in [0.1, 0.15) is 24.7 Å². The zero-order chi connectivity index (χ0) is 40.9. The lowest BCUT2D eigenvalue weighted by atomic mass is 9.86. The molecule has 0 saturated carbocycles. The summed E-state index contributed by atoms with van der Waals surface area (Å²) in [5.41, 5.74) is 3.10. The summed E-state index contributed by atoms with van der Waals surface area (Å²) in [5.74, 6) is -2.57. The first-order chi connectivity index (χ1) is 28.1. The largest absolute Gasteiger partial charge is 0.492 e. The van der Waals surface area contributed by atoms with Gasteiger partial charge in [-0.2, -0.15) is 0 Å². The first kappa shape index (κ1) is 42.8. The monoisotopic (exact) mass is 798 g/mol. The Morgan fingerprint density at radius 3 is 1.36 bits per heavy atom. The highest BCUT2D eigenvalue weighted by atomic mass is 16.5. The molecule has 0 aromatic heterocycles. The third kappa shape index (κ3) is 12.3. The summed E-state index contributed by atoms with van der Waals surface area (Å²) in [7, 11) is 0. The van der Waals surface area contributed by atoms with Gasteiger partial charge in [-0.1, -0.05) is 42.5 Å². The minimum atomic E-state index is -0.826. The molecular weight excluding hydrogens is 741 g/mol. The zero-order valence-corrected chi connectivity index (χ0v) is 33.2. The van der Waals surface area contributed by atoms with Crippen molar-refractivity contribution in [3.63, 3.8) is 0 Å². The number of hydrogen-bond acceptors (Lipinski definition) is 10. The van der Waals surface area contributed by atoms with Crippen LogP contribution in [0.2, 0.25) is 0 Å². The van der Waals surface area contributed by atoms with Gasteiger partial charge in [0.2, 0.25) is 0 Å². The molecule has 6 atom stereocenters. The lowest BCUT2D eigenvalue weighted by molar-refractivity contribution is -0.144. The number of carbonyl (C=O) groups is 4. The molecule has 3 aromatic rings. The van der Waals surface area contributed by atoms with Gasteiger partial charge in [-0.15, -0.1) is 0 Å². The molecule has 0 radical (unpaired) electrons. The predicted octanol–water partition coefficient (Wildman–Crippen LogP) is 3.89. The number of ether oxygens (including phenoxy) is 2. The van der Waals surface area contributed by atoms with Crippen LogP contribution < -0.4 is 25.4 Å². The van der Waals surface area contributed by atoms with Crippen LogP contribution >= 0.6 is 0 Å². The van der Waals surface area contributed by atoms with Gasteiger partial charge in [0.15, 0.2) is 5.78 Å². The minimum absolute atomic E-state index is 0.0418. The van der Waals surface area contributed by atoms with Crippen LogP contribution in [0.5, 0.6) is 11.5 Å². The van der Waals surface area contributed by atoms with E-state index in [-0.39, 0.29) is 43.3 Å². The van der Waals surface area contributed by atoms with Crippen molar-refractivity contribution < 1.29 is 44.0 Å². The Morgan fingerprint density at radius 1 is 0.586 bits per heavy atom. The van der Waals surface area contributed by atoms with Crippen molar-refractivity contribution >= 4 is 23.7 Å². The van der Waals surface area contributed by atoms with Gasteiger partial charge >= 0.3 is 17.9 Å². The van der Waals surface area contributed by atoms with E-state index in [1.807, 2.05) is 59.5 Å². The molecule has 13 nitrogen and oxygen atoms in total. The van der Waals surface area contributed by atoms with E-state index >= 15 is 0 Å². The Hall–Kier alpha value is -4.82. The number of benzene rings is 3. The van der Waals surface area contributed by atoms with Gasteiger partial charge in [0.05, 0.1) is 24.3 Å². The van der Waals surface area contributed by atoms with Crippen molar-refractivity contribution in [2.24, 2.45) is 35.5 Å². The fourth-order valence-corrected chi connectivity index (χ4v) is 8.74. The third-order valence-electron chi connectivity index (χ3n) is 12.1. The van der Waals surface area contributed by atoms with Gasteiger partial charge < -0.3 is 40.7 Å². The maximum Gasteiger partial charge on any atom is 0.307 e. The normalized spacial score (nSPS) is 20.7. The van der Waals surface area contributed by atoms with E-state index in [0.29, 0.717) is 69.0 Å². The van der Waals surface area contributed by atoms with E-state index in [1.54, 1.807) is 18.2 Å². The Bertz CT molecular complexity index is 1750. The predicted molar refractivity (Wildman–Crippen MR) is 219 cm³/mol. The number of aliphatic carboxylic acids is 3. The van der Waals surface area contributed by atoms with Crippen LogP contribution in [0.1, 0.15) is 46.3 Å². The molecule has 0 bridgehead atoms. The van der Waals surface area contributed by atoms with Crippen molar-refractivity contribution in [2.75, 3.05) is 72.1 Å². The molecule has 312 valence electrons. The first-order valence-corrected chi connectivity index (χ1v) is 20.7. The summed E-state index contributed by atoms with van der Waals surface area (Å²) in [5, 5.41) is 39.7. The highest BCUT2D eigenvalue weighted by molar-refractivity contribution is 5.97. The number of nitrogens with zero attached hydrogens (tertiary/aromatic N) is 1. The first-order valence-electron chi connectivity index (χ1n) is 20.7. The molecule has 6 unspecified atom stereocenters. The van der Waals surface area contributed by atoms with Gasteiger partial charge in [0, 0.05) is 18.7 Å². The van der Waals surface area contributed by atoms with Crippen molar-refractivity contribution in [1.82, 2.24) is 20.9 Å². The van der Waals surface area contributed by atoms with Crippen LogP contribution in [0.25, 0.3) is 0 Å². The van der Waals surface area contributed by atoms with Gasteiger partial charge in [-0.25, -0.2) is 0 Å². The molecule has 3 saturated heterocycles. The summed E-state index contributed by atoms with van der Waals surface area (Å²) in [4.78, 5) is 52.2. The van der Waals surface area contributed by atoms with Crippen LogP contribution in [-0.2, 0) is 33.6 Å². The van der Waals surface area contributed by atoms with Crippen LogP contribution in [0.3, 0.4) is 0 Å². The topological polar surface area (TPSA) is 187 Å². The number of hydrogen-bond donors (Lipinski definition) is 6. The fraction of sp³-hybridized carbons (Fsp3) is 0.511. The van der Waals surface area contributed by atoms with E-state index in [1.165, 1.54) is 0 Å². The number of carbonyl (C=O) groups excluding carboxylic acids is 1. The van der Waals surface area contributed by atoms with Gasteiger partial charge in [-0.3, -0.25) is 24.1 Å². The second kappa shape index (κ2) is 21.3. The summed E-state index contributed by atoms with van der Waals surface area (Å²) < 4.78 is 12.4. The Labute approximate surface area is 340 Å². The average molecular weight is 799 g/mol. The number of carboxylic acid groups (broad SMARTS) is 3. The fourth-order valence-electron chi connectivity index (χ4n) is 8.74. The molecular formula is C45H58N4O9. The molecule has 13 heteroatoms. The van der Waals surface area contributed by atoms with Crippen LogP contribution in [-0.4, -0.2) is 116 Å². The summed E-state index contributed by atoms with van der Waals surface area (Å²) in [6.45, 7) is 5.95. The lowest BCUT2D eigenvalue weighted by Gasteiger charge is -2.23. The van der Waals surface area contributed by atoms with Crippen molar-refractivity contribution in [3.05, 3.63) is 95.1 Å². The number of rotatable bonds is 23. The molecule has 3 fully saturated rings. The van der Waals surface area contributed by atoms with Crippen LogP contribution in [0, 0.1) is 35.5 Å². The van der Waals surface area contributed by atoms with Crippen molar-refractivity contribution in [1.29, 1.82) is 0 Å². The zero-order valence-electron chi connectivity index (χ0n) is 33.2. The Balaban J connectivity index is 1.10. The van der Waals surface area contributed by atoms with Crippen LogP contribution in [0.15, 0.2) is 72.8 Å². The number of ketones is 1. The Kier molecular flexibility index (Phi) is 15.7. The summed E-state index contributed by atoms with van der Waals surface area (Å²) in [6, 6.07) is 22.3. The lowest BCUT2D eigenvalue weighted by Crippen LogP contribution is -2.36. The van der Waals surface area contributed by atoms with Crippen molar-refractivity contribution in [3.8, 4) is 11.5 Å². The highest BCUT2D eigenvalue weighted by Crippen LogP contribution is 2.28. The van der Waals surface area contributed by atoms with Crippen LogP contribution in [0.4, 0.5) is 0 Å². The second-order valence-electron chi connectivity index (χ2n) is 16.1. The summed E-state index contributed by atoms with van der Waals surface area (Å²) in [6.07, 6.45) is 3.66. The Morgan fingerprint density at radius 2 is 0.983 bits per heavy atom. The number of carboxylic acids is 3. The molecule has 3 aliphatic rings. The number of Topliss-reactive ketones (excluding diaryl/α,β-unsaturated/α-hetero) is 1. The third-order valence-corrected chi connectivity index (χ3v) is 12.1. The maximum atomic E-state index is 13.8. The van der Waals surface area contributed by atoms with E-state index in [4.69, 9.17) is 9.47 Å². The highest BCUT2D eigenvalue weighted by Gasteiger charge is 2.33. The average Bonchev–Trinajstić information content (AvgIpc) is 4.04. The standard InChI is InChI=1S/C45H58N4O9/c50-42(33-7-1-4-30(20-33)23-39(43(51)52)34-10-13-46-26-34)29-49(16-18-57-37-8-2-5-31(21-37)24-40(44(53)54)35-11-14-47-27-35)17-19-58-38-9-3-6-32(22-38)25-41(45(55)56)36-12-15-48-28-36/h1-9,20-22,34-36,39-41,46-48H,10-19,23-29H2,(H,51,52)(H,53,54)(H,55,56). The molecule has 6 N–H and O–H groups in total. The number of nitrogens with one attached hydrogen (secondary N) is 3. The molecule has 0 spiro atoms. The quantitative estimate of drug-likeness (QED) is 0.0760. The van der Waals surface area contributed by atoms with E-state index in [9.17, 15) is 34.5 Å². The second-order valence-corrected chi connectivity index (χ2v) is 16.1.